The van der Waals surface area contributed by atoms with Gasteiger partial charge >= 0.3 is 0 Å². The van der Waals surface area contributed by atoms with Crippen LogP contribution in [0, 0.1) is 6.92 Å². The molecule has 0 bridgehead atoms. The van der Waals surface area contributed by atoms with Crippen molar-refractivity contribution in [2.45, 2.75) is 32.6 Å². The maximum Gasteiger partial charge on any atom is 0.224 e. The minimum Gasteiger partial charge on any atom is -0.371 e. The second kappa shape index (κ2) is 7.97. The SMILES string of the molecule is Cc1cc(NC(=O)CCC(=O)c2ccccc2)ccc1N1CCCC1. The molecule has 0 spiro atoms. The number of nitrogens with one attached hydrogen (secondary N) is 1. The lowest BCUT2D eigenvalue weighted by atomic mass is 10.1. The Bertz CT molecular complexity index is 750. The third kappa shape index (κ3) is 4.47. The molecule has 1 N–H and O–H groups in total. The van der Waals surface area contributed by atoms with Crippen molar-refractivity contribution in [2.75, 3.05) is 23.3 Å². The van der Waals surface area contributed by atoms with E-state index in [9.17, 15) is 9.59 Å². The number of anilines is 2. The zero-order valence-electron chi connectivity index (χ0n) is 14.6. The Morgan fingerprint density at radius 2 is 1.72 bits per heavy atom. The maximum atomic E-state index is 12.1. The van der Waals surface area contributed by atoms with Gasteiger partial charge in [0.1, 0.15) is 0 Å². The molecule has 3 rings (SSSR count). The van der Waals surface area contributed by atoms with Crippen molar-refractivity contribution in [3.05, 3.63) is 59.7 Å². The summed E-state index contributed by atoms with van der Waals surface area (Å²) >= 11 is 0. The van der Waals surface area contributed by atoms with E-state index in [2.05, 4.69) is 23.2 Å². The summed E-state index contributed by atoms with van der Waals surface area (Å²) in [5.41, 5.74) is 3.86. The van der Waals surface area contributed by atoms with Gasteiger partial charge in [-0.1, -0.05) is 30.3 Å². The fourth-order valence-electron chi connectivity index (χ4n) is 3.26. The molecule has 1 aliphatic heterocycles. The van der Waals surface area contributed by atoms with E-state index in [4.69, 9.17) is 0 Å². The van der Waals surface area contributed by atoms with Crippen LogP contribution in [-0.4, -0.2) is 24.8 Å². The van der Waals surface area contributed by atoms with Crippen molar-refractivity contribution in [3.8, 4) is 0 Å². The largest absolute Gasteiger partial charge is 0.371 e. The van der Waals surface area contributed by atoms with Gasteiger partial charge in [0.05, 0.1) is 0 Å². The molecule has 0 unspecified atom stereocenters. The first-order valence-electron chi connectivity index (χ1n) is 8.87. The van der Waals surface area contributed by atoms with Crippen LogP contribution >= 0.6 is 0 Å². The molecule has 0 saturated carbocycles. The fourth-order valence-corrected chi connectivity index (χ4v) is 3.26. The van der Waals surface area contributed by atoms with Crippen LogP contribution < -0.4 is 10.2 Å². The van der Waals surface area contributed by atoms with Gasteiger partial charge in [0.25, 0.3) is 0 Å². The van der Waals surface area contributed by atoms with Crippen LogP contribution in [0.5, 0.6) is 0 Å². The van der Waals surface area contributed by atoms with Crippen LogP contribution in [0.3, 0.4) is 0 Å². The van der Waals surface area contributed by atoms with E-state index < -0.39 is 0 Å². The van der Waals surface area contributed by atoms with Gasteiger partial charge in [-0.05, 0) is 43.5 Å². The molecule has 0 atom stereocenters. The number of nitrogens with zero attached hydrogens (tertiary/aromatic N) is 1. The summed E-state index contributed by atoms with van der Waals surface area (Å²) in [7, 11) is 0. The summed E-state index contributed by atoms with van der Waals surface area (Å²) in [6, 6.07) is 15.1. The van der Waals surface area contributed by atoms with Gasteiger partial charge < -0.3 is 10.2 Å². The number of amides is 1. The van der Waals surface area contributed by atoms with Gasteiger partial charge in [0, 0.05) is 42.9 Å². The molecule has 0 aromatic heterocycles. The van der Waals surface area contributed by atoms with Crippen LogP contribution in [0.15, 0.2) is 48.5 Å². The summed E-state index contributed by atoms with van der Waals surface area (Å²) in [5, 5.41) is 2.90. The molecule has 1 fully saturated rings. The molecule has 130 valence electrons. The number of carbonyl (C=O) groups is 2. The number of hydrogen-bond acceptors (Lipinski definition) is 3. The molecule has 25 heavy (non-hydrogen) atoms. The quantitative estimate of drug-likeness (QED) is 0.805. The molecule has 1 heterocycles. The highest BCUT2D eigenvalue weighted by molar-refractivity contribution is 6.00. The average Bonchev–Trinajstić information content (AvgIpc) is 3.15. The number of benzene rings is 2. The van der Waals surface area contributed by atoms with Gasteiger partial charge in [0.2, 0.25) is 5.91 Å². The molecule has 4 nitrogen and oxygen atoms in total. The third-order valence-corrected chi connectivity index (χ3v) is 4.60. The van der Waals surface area contributed by atoms with Gasteiger partial charge in [-0.15, -0.1) is 0 Å². The molecule has 2 aromatic carbocycles. The highest BCUT2D eigenvalue weighted by Gasteiger charge is 2.15. The van der Waals surface area contributed by atoms with Crippen LogP contribution in [0.4, 0.5) is 11.4 Å². The average molecular weight is 336 g/mol. The lowest BCUT2D eigenvalue weighted by Gasteiger charge is -2.20. The number of aryl methyl sites for hydroxylation is 1. The van der Waals surface area contributed by atoms with E-state index in [0.717, 1.165) is 18.8 Å². The second-order valence-corrected chi connectivity index (χ2v) is 6.53. The van der Waals surface area contributed by atoms with Gasteiger partial charge in [-0.25, -0.2) is 0 Å². The second-order valence-electron chi connectivity index (χ2n) is 6.53. The summed E-state index contributed by atoms with van der Waals surface area (Å²) in [6.45, 7) is 4.28. The monoisotopic (exact) mass is 336 g/mol. The standard InChI is InChI=1S/C21H24N2O2/c1-16-15-18(9-10-19(16)23-13-5-6-14-23)22-21(25)12-11-20(24)17-7-3-2-4-8-17/h2-4,7-10,15H,5-6,11-14H2,1H3,(H,22,25). The van der Waals surface area contributed by atoms with Crippen LogP contribution in [0.25, 0.3) is 0 Å². The molecule has 1 aliphatic rings. The van der Waals surface area contributed by atoms with Crippen molar-refractivity contribution in [1.82, 2.24) is 0 Å². The fraction of sp³-hybridized carbons (Fsp3) is 0.333. The van der Waals surface area contributed by atoms with E-state index in [-0.39, 0.29) is 24.5 Å². The Balaban J connectivity index is 1.54. The van der Waals surface area contributed by atoms with E-state index in [1.807, 2.05) is 30.3 Å². The number of ketones is 1. The minimum atomic E-state index is -0.127. The first kappa shape index (κ1) is 17.2. The Morgan fingerprint density at radius 1 is 1.00 bits per heavy atom. The normalized spacial score (nSPS) is 13.7. The number of rotatable bonds is 6. The summed E-state index contributed by atoms with van der Waals surface area (Å²) in [6.07, 6.45) is 2.90. The number of hydrogen-bond donors (Lipinski definition) is 1. The molecule has 0 radical (unpaired) electrons. The Labute approximate surface area is 148 Å². The van der Waals surface area contributed by atoms with Crippen molar-refractivity contribution in [2.24, 2.45) is 0 Å². The van der Waals surface area contributed by atoms with Crippen molar-refractivity contribution < 1.29 is 9.59 Å². The first-order chi connectivity index (χ1) is 12.1. The smallest absolute Gasteiger partial charge is 0.224 e. The predicted octanol–water partition coefficient (Wildman–Crippen LogP) is 4.20. The lowest BCUT2D eigenvalue weighted by Crippen LogP contribution is -2.19. The summed E-state index contributed by atoms with van der Waals surface area (Å²) < 4.78 is 0. The maximum absolute atomic E-state index is 12.1. The van der Waals surface area contributed by atoms with E-state index in [0.29, 0.717) is 5.56 Å². The highest BCUT2D eigenvalue weighted by atomic mass is 16.2. The van der Waals surface area contributed by atoms with Crippen LogP contribution in [0.1, 0.15) is 41.6 Å². The van der Waals surface area contributed by atoms with Crippen LogP contribution in [0.2, 0.25) is 0 Å². The summed E-state index contributed by atoms with van der Waals surface area (Å²) in [5.74, 6) is -0.131. The van der Waals surface area contributed by atoms with E-state index in [1.165, 1.54) is 24.1 Å². The molecule has 1 saturated heterocycles. The van der Waals surface area contributed by atoms with Gasteiger partial charge in [-0.3, -0.25) is 9.59 Å². The van der Waals surface area contributed by atoms with Crippen molar-refractivity contribution >= 4 is 23.1 Å². The van der Waals surface area contributed by atoms with Gasteiger partial charge in [0.15, 0.2) is 5.78 Å². The number of carbonyl (C=O) groups excluding carboxylic acids is 2. The van der Waals surface area contributed by atoms with E-state index >= 15 is 0 Å². The number of Topliss-reactive ketones (excluding diaryl/α,β-unsaturated/α-hetero) is 1. The van der Waals surface area contributed by atoms with Crippen LogP contribution in [-0.2, 0) is 4.79 Å². The van der Waals surface area contributed by atoms with Crippen molar-refractivity contribution in [3.63, 3.8) is 0 Å². The Kier molecular flexibility index (Phi) is 5.49. The highest BCUT2D eigenvalue weighted by Crippen LogP contribution is 2.26. The molecule has 0 aliphatic carbocycles. The molecule has 1 amide bonds. The van der Waals surface area contributed by atoms with E-state index in [1.54, 1.807) is 12.1 Å². The molecule has 2 aromatic rings. The Morgan fingerprint density at radius 3 is 2.40 bits per heavy atom. The van der Waals surface area contributed by atoms with Gasteiger partial charge in [-0.2, -0.15) is 0 Å². The summed E-state index contributed by atoms with van der Waals surface area (Å²) in [4.78, 5) is 26.6. The molecular weight excluding hydrogens is 312 g/mol. The van der Waals surface area contributed by atoms with Crippen molar-refractivity contribution in [1.29, 1.82) is 0 Å². The molecular formula is C21H24N2O2. The zero-order chi connectivity index (χ0) is 17.6. The zero-order valence-corrected chi connectivity index (χ0v) is 14.6. The molecule has 4 heteroatoms. The Hall–Kier alpha value is -2.62. The minimum absolute atomic E-state index is 0.00341. The third-order valence-electron chi connectivity index (χ3n) is 4.60. The topological polar surface area (TPSA) is 49.4 Å². The first-order valence-corrected chi connectivity index (χ1v) is 8.87. The lowest BCUT2D eigenvalue weighted by molar-refractivity contribution is -0.116. The predicted molar refractivity (Wildman–Crippen MR) is 101 cm³/mol.